The summed E-state index contributed by atoms with van der Waals surface area (Å²) in [5.74, 6) is 7.09. The normalized spacial score (nSPS) is 11.9. The number of aromatic nitrogens is 1. The van der Waals surface area contributed by atoms with E-state index in [-0.39, 0.29) is 6.04 Å². The molecule has 0 spiro atoms. The lowest BCUT2D eigenvalue weighted by molar-refractivity contribution is 0.387. The number of hydrogen-bond donors (Lipinski definition) is 2. The van der Waals surface area contributed by atoms with Gasteiger partial charge in [-0.15, -0.1) is 0 Å². The number of nitrogens with two attached hydrogens (primary N) is 1. The first kappa shape index (κ1) is 13.3. The maximum atomic E-state index is 5.65. The van der Waals surface area contributed by atoms with Gasteiger partial charge >= 0.3 is 0 Å². The molecule has 2 aromatic rings. The number of hydrazine groups is 1. The number of nitrogens with zero attached hydrogens (tertiary/aromatic N) is 1. The second-order valence-corrected chi connectivity index (χ2v) is 3.96. The standard InChI is InChI=1S/C14H17N3O2/c1-18-10-6-7-11(13(9-10)19-2)14(17-15)12-5-3-4-8-16-12/h3-9,14,17H,15H2,1-2H3. The second kappa shape index (κ2) is 6.17. The highest BCUT2D eigenvalue weighted by atomic mass is 16.5. The first-order chi connectivity index (χ1) is 9.30. The zero-order chi connectivity index (χ0) is 13.7. The quantitative estimate of drug-likeness (QED) is 0.631. The van der Waals surface area contributed by atoms with E-state index in [1.807, 2.05) is 36.4 Å². The third kappa shape index (κ3) is 2.83. The molecule has 1 unspecified atom stereocenters. The number of methoxy groups -OCH3 is 2. The minimum Gasteiger partial charge on any atom is -0.497 e. The molecule has 3 N–H and O–H groups in total. The van der Waals surface area contributed by atoms with Crippen molar-refractivity contribution >= 4 is 0 Å². The predicted molar refractivity (Wildman–Crippen MR) is 72.9 cm³/mol. The van der Waals surface area contributed by atoms with Crippen molar-refractivity contribution in [2.24, 2.45) is 5.84 Å². The van der Waals surface area contributed by atoms with Crippen molar-refractivity contribution in [2.45, 2.75) is 6.04 Å². The number of ether oxygens (including phenoxy) is 2. The van der Waals surface area contributed by atoms with E-state index < -0.39 is 0 Å². The zero-order valence-corrected chi connectivity index (χ0v) is 11.0. The van der Waals surface area contributed by atoms with Gasteiger partial charge in [0.15, 0.2) is 0 Å². The highest BCUT2D eigenvalue weighted by molar-refractivity contribution is 5.45. The number of hydrogen-bond acceptors (Lipinski definition) is 5. The van der Waals surface area contributed by atoms with Gasteiger partial charge in [0, 0.05) is 17.8 Å². The molecule has 100 valence electrons. The molecule has 1 aromatic heterocycles. The lowest BCUT2D eigenvalue weighted by Crippen LogP contribution is -2.29. The molecule has 2 rings (SSSR count). The Kier molecular flexibility index (Phi) is 4.33. The van der Waals surface area contributed by atoms with Gasteiger partial charge in [0.2, 0.25) is 0 Å². The minimum absolute atomic E-state index is 0.234. The molecule has 5 heteroatoms. The SMILES string of the molecule is COc1ccc(C(NN)c2ccccn2)c(OC)c1. The van der Waals surface area contributed by atoms with Crippen LogP contribution in [-0.4, -0.2) is 19.2 Å². The third-order valence-electron chi connectivity index (χ3n) is 2.90. The van der Waals surface area contributed by atoms with Gasteiger partial charge in [-0.05, 0) is 24.3 Å². The molecule has 0 amide bonds. The highest BCUT2D eigenvalue weighted by Crippen LogP contribution is 2.31. The first-order valence-corrected chi connectivity index (χ1v) is 5.89. The van der Waals surface area contributed by atoms with Crippen LogP contribution in [0.4, 0.5) is 0 Å². The smallest absolute Gasteiger partial charge is 0.127 e. The Bertz CT molecular complexity index is 531. The maximum absolute atomic E-state index is 5.65. The number of benzene rings is 1. The Morgan fingerprint density at radius 3 is 2.58 bits per heavy atom. The van der Waals surface area contributed by atoms with E-state index in [2.05, 4.69) is 10.4 Å². The van der Waals surface area contributed by atoms with Crippen LogP contribution in [0.25, 0.3) is 0 Å². The number of nitrogens with one attached hydrogen (secondary N) is 1. The summed E-state index contributed by atoms with van der Waals surface area (Å²) >= 11 is 0. The fourth-order valence-corrected chi connectivity index (χ4v) is 1.94. The Morgan fingerprint density at radius 1 is 1.16 bits per heavy atom. The summed E-state index contributed by atoms with van der Waals surface area (Å²) in [6, 6.07) is 11.1. The van der Waals surface area contributed by atoms with E-state index in [0.717, 1.165) is 17.0 Å². The minimum atomic E-state index is -0.234. The maximum Gasteiger partial charge on any atom is 0.127 e. The molecule has 1 atom stereocenters. The Morgan fingerprint density at radius 2 is 2.00 bits per heavy atom. The van der Waals surface area contributed by atoms with Crippen molar-refractivity contribution in [3.63, 3.8) is 0 Å². The van der Waals surface area contributed by atoms with Gasteiger partial charge in [-0.2, -0.15) is 0 Å². The van der Waals surface area contributed by atoms with Crippen molar-refractivity contribution in [1.82, 2.24) is 10.4 Å². The largest absolute Gasteiger partial charge is 0.497 e. The summed E-state index contributed by atoms with van der Waals surface area (Å²) in [6.45, 7) is 0. The van der Waals surface area contributed by atoms with Gasteiger partial charge in [-0.25, -0.2) is 5.43 Å². The van der Waals surface area contributed by atoms with E-state index in [9.17, 15) is 0 Å². The molecular formula is C14H17N3O2. The molecule has 0 aliphatic carbocycles. The molecule has 1 aromatic carbocycles. The first-order valence-electron chi connectivity index (χ1n) is 5.89. The summed E-state index contributed by atoms with van der Waals surface area (Å²) < 4.78 is 10.6. The second-order valence-electron chi connectivity index (χ2n) is 3.96. The third-order valence-corrected chi connectivity index (χ3v) is 2.90. The molecule has 0 fully saturated rings. The van der Waals surface area contributed by atoms with Gasteiger partial charge in [-0.1, -0.05) is 6.07 Å². The summed E-state index contributed by atoms with van der Waals surface area (Å²) in [6.07, 6.45) is 1.73. The highest BCUT2D eigenvalue weighted by Gasteiger charge is 2.18. The molecule has 0 aliphatic rings. The summed E-state index contributed by atoms with van der Waals surface area (Å²) in [4.78, 5) is 4.31. The van der Waals surface area contributed by atoms with Crippen LogP contribution in [0, 0.1) is 0 Å². The van der Waals surface area contributed by atoms with Gasteiger partial charge in [0.25, 0.3) is 0 Å². The molecule has 19 heavy (non-hydrogen) atoms. The predicted octanol–water partition coefficient (Wildman–Crippen LogP) is 1.65. The Balaban J connectivity index is 2.43. The van der Waals surface area contributed by atoms with E-state index in [1.54, 1.807) is 20.4 Å². The van der Waals surface area contributed by atoms with Gasteiger partial charge in [-0.3, -0.25) is 10.8 Å². The summed E-state index contributed by atoms with van der Waals surface area (Å²) in [5, 5.41) is 0. The van der Waals surface area contributed by atoms with Crippen LogP contribution in [0.15, 0.2) is 42.6 Å². The van der Waals surface area contributed by atoms with Crippen molar-refractivity contribution in [3.8, 4) is 11.5 Å². The molecule has 0 saturated carbocycles. The average molecular weight is 259 g/mol. The summed E-state index contributed by atoms with van der Waals surface area (Å²) in [7, 11) is 3.23. The van der Waals surface area contributed by atoms with Crippen LogP contribution in [0.1, 0.15) is 17.3 Å². The van der Waals surface area contributed by atoms with Crippen molar-refractivity contribution in [2.75, 3.05) is 14.2 Å². The van der Waals surface area contributed by atoms with Gasteiger partial charge in [0.05, 0.1) is 26.0 Å². The molecular weight excluding hydrogens is 242 g/mol. The fourth-order valence-electron chi connectivity index (χ4n) is 1.94. The molecule has 5 nitrogen and oxygen atoms in total. The van der Waals surface area contributed by atoms with Crippen LogP contribution >= 0.6 is 0 Å². The molecule has 0 saturated heterocycles. The van der Waals surface area contributed by atoms with E-state index in [1.165, 1.54) is 0 Å². The lowest BCUT2D eigenvalue weighted by atomic mass is 10.0. The monoisotopic (exact) mass is 259 g/mol. The van der Waals surface area contributed by atoms with E-state index in [4.69, 9.17) is 15.3 Å². The van der Waals surface area contributed by atoms with Crippen LogP contribution in [0.5, 0.6) is 11.5 Å². The molecule has 1 heterocycles. The van der Waals surface area contributed by atoms with Crippen LogP contribution in [-0.2, 0) is 0 Å². The number of rotatable bonds is 5. The molecule has 0 radical (unpaired) electrons. The molecule has 0 aliphatic heterocycles. The van der Waals surface area contributed by atoms with Crippen molar-refractivity contribution < 1.29 is 9.47 Å². The lowest BCUT2D eigenvalue weighted by Gasteiger charge is -2.19. The van der Waals surface area contributed by atoms with E-state index >= 15 is 0 Å². The van der Waals surface area contributed by atoms with Crippen molar-refractivity contribution in [1.29, 1.82) is 0 Å². The average Bonchev–Trinajstić information content (AvgIpc) is 2.49. The number of pyridine rings is 1. The van der Waals surface area contributed by atoms with E-state index in [0.29, 0.717) is 5.75 Å². The van der Waals surface area contributed by atoms with Crippen LogP contribution in [0.3, 0.4) is 0 Å². The van der Waals surface area contributed by atoms with Crippen molar-refractivity contribution in [3.05, 3.63) is 53.9 Å². The Hall–Kier alpha value is -2.11. The topological polar surface area (TPSA) is 69.4 Å². The van der Waals surface area contributed by atoms with Gasteiger partial charge < -0.3 is 9.47 Å². The van der Waals surface area contributed by atoms with Crippen LogP contribution < -0.4 is 20.7 Å². The Labute approximate surface area is 112 Å². The molecule has 0 bridgehead atoms. The zero-order valence-electron chi connectivity index (χ0n) is 11.0. The van der Waals surface area contributed by atoms with Crippen LogP contribution in [0.2, 0.25) is 0 Å². The van der Waals surface area contributed by atoms with Gasteiger partial charge in [0.1, 0.15) is 11.5 Å². The fraction of sp³-hybridized carbons (Fsp3) is 0.214. The summed E-state index contributed by atoms with van der Waals surface area (Å²) in [5.41, 5.74) is 4.50.